The standard InChI is InChI=1S/C20H21F3N4O3/c21-20(22,23)15-6-7-17(24-12-15)26-8-10-27(11-9-26)19(29)13-25-18(28)14-30-16-4-2-1-3-5-16/h1-7,12H,8-11,13-14H2,(H,25,28). The number of ether oxygens (including phenoxy) is 1. The average Bonchev–Trinajstić information content (AvgIpc) is 2.76. The van der Waals surface area contributed by atoms with E-state index in [1.54, 1.807) is 29.2 Å². The van der Waals surface area contributed by atoms with E-state index in [2.05, 4.69) is 10.3 Å². The summed E-state index contributed by atoms with van der Waals surface area (Å²) in [4.78, 5) is 31.4. The van der Waals surface area contributed by atoms with Gasteiger partial charge in [-0.2, -0.15) is 13.2 Å². The minimum Gasteiger partial charge on any atom is -0.484 e. The first-order chi connectivity index (χ1) is 14.3. The summed E-state index contributed by atoms with van der Waals surface area (Å²) in [5.41, 5.74) is -0.799. The van der Waals surface area contributed by atoms with Crippen molar-refractivity contribution in [3.05, 3.63) is 54.2 Å². The average molecular weight is 422 g/mol. The van der Waals surface area contributed by atoms with Gasteiger partial charge in [-0.1, -0.05) is 18.2 Å². The minimum absolute atomic E-state index is 0.143. The van der Waals surface area contributed by atoms with Crippen LogP contribution in [0.4, 0.5) is 19.0 Å². The van der Waals surface area contributed by atoms with E-state index >= 15 is 0 Å². The maximum Gasteiger partial charge on any atom is 0.417 e. The molecule has 0 spiro atoms. The molecule has 7 nitrogen and oxygen atoms in total. The van der Waals surface area contributed by atoms with E-state index in [4.69, 9.17) is 4.74 Å². The molecule has 0 saturated carbocycles. The number of aromatic nitrogens is 1. The number of carbonyl (C=O) groups excluding carboxylic acids is 2. The van der Waals surface area contributed by atoms with Gasteiger partial charge in [-0.25, -0.2) is 4.98 Å². The van der Waals surface area contributed by atoms with Gasteiger partial charge in [0.2, 0.25) is 5.91 Å². The summed E-state index contributed by atoms with van der Waals surface area (Å²) < 4.78 is 43.2. The number of anilines is 1. The Bertz CT molecular complexity index is 852. The maximum absolute atomic E-state index is 12.6. The molecule has 1 aliphatic heterocycles. The van der Waals surface area contributed by atoms with E-state index in [1.807, 2.05) is 11.0 Å². The van der Waals surface area contributed by atoms with Gasteiger partial charge < -0.3 is 19.9 Å². The molecule has 3 rings (SSSR count). The van der Waals surface area contributed by atoms with Gasteiger partial charge in [-0.15, -0.1) is 0 Å². The van der Waals surface area contributed by atoms with Crippen LogP contribution in [0.15, 0.2) is 48.7 Å². The molecular formula is C20H21F3N4O3. The maximum atomic E-state index is 12.6. The zero-order chi connectivity index (χ0) is 21.6. The summed E-state index contributed by atoms with van der Waals surface area (Å²) in [6.07, 6.45) is -3.62. The number of para-hydroxylation sites is 1. The van der Waals surface area contributed by atoms with E-state index in [-0.39, 0.29) is 19.1 Å². The van der Waals surface area contributed by atoms with Crippen LogP contribution in [-0.4, -0.2) is 61.0 Å². The Labute approximate surface area is 171 Å². The van der Waals surface area contributed by atoms with Gasteiger partial charge in [0, 0.05) is 32.4 Å². The molecule has 10 heteroatoms. The van der Waals surface area contributed by atoms with E-state index < -0.39 is 17.6 Å². The fraction of sp³-hybridized carbons (Fsp3) is 0.350. The zero-order valence-corrected chi connectivity index (χ0v) is 16.1. The summed E-state index contributed by atoms with van der Waals surface area (Å²) in [6, 6.07) is 11.2. The lowest BCUT2D eigenvalue weighted by atomic mass is 10.2. The molecule has 2 amide bonds. The van der Waals surface area contributed by atoms with Crippen molar-refractivity contribution in [1.29, 1.82) is 0 Å². The van der Waals surface area contributed by atoms with Gasteiger partial charge in [0.25, 0.3) is 5.91 Å². The molecule has 0 aliphatic carbocycles. The summed E-state index contributed by atoms with van der Waals surface area (Å²) >= 11 is 0. The molecule has 30 heavy (non-hydrogen) atoms. The lowest BCUT2D eigenvalue weighted by Gasteiger charge is -2.35. The molecule has 0 atom stereocenters. The zero-order valence-electron chi connectivity index (χ0n) is 16.1. The number of nitrogens with one attached hydrogen (secondary N) is 1. The largest absolute Gasteiger partial charge is 0.484 e. The number of hydrogen-bond donors (Lipinski definition) is 1. The Balaban J connectivity index is 1.40. The number of rotatable bonds is 6. The van der Waals surface area contributed by atoms with E-state index in [9.17, 15) is 22.8 Å². The van der Waals surface area contributed by atoms with E-state index in [0.717, 1.165) is 12.3 Å². The fourth-order valence-electron chi connectivity index (χ4n) is 2.93. The lowest BCUT2D eigenvalue weighted by molar-refractivity contribution is -0.137. The van der Waals surface area contributed by atoms with Crippen molar-refractivity contribution < 1.29 is 27.5 Å². The van der Waals surface area contributed by atoms with Crippen molar-refractivity contribution in [2.75, 3.05) is 44.2 Å². The van der Waals surface area contributed by atoms with Crippen molar-refractivity contribution in [2.45, 2.75) is 6.18 Å². The van der Waals surface area contributed by atoms with E-state index in [1.165, 1.54) is 6.07 Å². The Morgan fingerprint density at radius 3 is 2.33 bits per heavy atom. The molecule has 1 aromatic carbocycles. The number of benzene rings is 1. The van der Waals surface area contributed by atoms with Crippen molar-refractivity contribution in [3.8, 4) is 5.75 Å². The third-order valence-electron chi connectivity index (χ3n) is 4.58. The molecule has 2 aromatic rings. The second-order valence-corrected chi connectivity index (χ2v) is 6.65. The van der Waals surface area contributed by atoms with Crippen LogP contribution >= 0.6 is 0 Å². The van der Waals surface area contributed by atoms with Crippen LogP contribution in [0.3, 0.4) is 0 Å². The van der Waals surface area contributed by atoms with Crippen molar-refractivity contribution in [3.63, 3.8) is 0 Å². The number of pyridine rings is 1. The Morgan fingerprint density at radius 1 is 1.03 bits per heavy atom. The molecule has 0 radical (unpaired) electrons. The Morgan fingerprint density at radius 2 is 1.73 bits per heavy atom. The first kappa shape index (κ1) is 21.4. The molecule has 1 N–H and O–H groups in total. The lowest BCUT2D eigenvalue weighted by Crippen LogP contribution is -2.51. The Kier molecular flexibility index (Phi) is 6.76. The number of carbonyl (C=O) groups is 2. The van der Waals surface area contributed by atoms with Gasteiger partial charge in [-0.3, -0.25) is 9.59 Å². The van der Waals surface area contributed by atoms with Gasteiger partial charge in [0.05, 0.1) is 12.1 Å². The predicted octanol–water partition coefficient (Wildman–Crippen LogP) is 1.94. The van der Waals surface area contributed by atoms with E-state index in [0.29, 0.717) is 37.7 Å². The number of alkyl halides is 3. The SMILES string of the molecule is O=C(COc1ccccc1)NCC(=O)N1CCN(c2ccc(C(F)(F)F)cn2)CC1. The van der Waals surface area contributed by atoms with Crippen molar-refractivity contribution >= 4 is 17.6 Å². The molecule has 160 valence electrons. The molecule has 1 aromatic heterocycles. The number of piperazine rings is 1. The van der Waals surface area contributed by atoms with Crippen LogP contribution in [0.25, 0.3) is 0 Å². The molecular weight excluding hydrogens is 401 g/mol. The van der Waals surface area contributed by atoms with Crippen LogP contribution in [0.2, 0.25) is 0 Å². The normalized spacial score (nSPS) is 14.4. The summed E-state index contributed by atoms with van der Waals surface area (Å²) in [5, 5.41) is 2.53. The van der Waals surface area contributed by atoms with Crippen LogP contribution in [0, 0.1) is 0 Å². The minimum atomic E-state index is -4.42. The first-order valence-electron chi connectivity index (χ1n) is 9.33. The monoisotopic (exact) mass is 422 g/mol. The van der Waals surface area contributed by atoms with Crippen LogP contribution in [-0.2, 0) is 15.8 Å². The smallest absolute Gasteiger partial charge is 0.417 e. The third-order valence-corrected chi connectivity index (χ3v) is 4.58. The number of amides is 2. The molecule has 0 bridgehead atoms. The first-order valence-corrected chi connectivity index (χ1v) is 9.33. The summed E-state index contributed by atoms with van der Waals surface area (Å²) in [6.45, 7) is 1.32. The number of hydrogen-bond acceptors (Lipinski definition) is 5. The summed E-state index contributed by atoms with van der Waals surface area (Å²) in [5.74, 6) is 0.358. The van der Waals surface area contributed by atoms with Crippen LogP contribution in [0.5, 0.6) is 5.75 Å². The van der Waals surface area contributed by atoms with Crippen molar-refractivity contribution in [2.24, 2.45) is 0 Å². The highest BCUT2D eigenvalue weighted by molar-refractivity contribution is 5.85. The highest BCUT2D eigenvalue weighted by Crippen LogP contribution is 2.29. The molecule has 1 saturated heterocycles. The number of halogens is 3. The van der Waals surface area contributed by atoms with Crippen molar-refractivity contribution in [1.82, 2.24) is 15.2 Å². The van der Waals surface area contributed by atoms with Crippen LogP contribution < -0.4 is 15.0 Å². The van der Waals surface area contributed by atoms with Gasteiger partial charge >= 0.3 is 6.18 Å². The molecule has 2 heterocycles. The van der Waals surface area contributed by atoms with Crippen LogP contribution in [0.1, 0.15) is 5.56 Å². The second-order valence-electron chi connectivity index (χ2n) is 6.65. The van der Waals surface area contributed by atoms with Gasteiger partial charge in [0.15, 0.2) is 6.61 Å². The Hall–Kier alpha value is -3.30. The second kappa shape index (κ2) is 9.47. The summed E-state index contributed by atoms with van der Waals surface area (Å²) in [7, 11) is 0. The third kappa shape index (κ3) is 5.85. The topological polar surface area (TPSA) is 74.8 Å². The molecule has 0 unspecified atom stereocenters. The fourth-order valence-corrected chi connectivity index (χ4v) is 2.93. The quantitative estimate of drug-likeness (QED) is 0.770. The molecule has 1 fully saturated rings. The highest BCUT2D eigenvalue weighted by atomic mass is 19.4. The highest BCUT2D eigenvalue weighted by Gasteiger charge is 2.31. The van der Waals surface area contributed by atoms with Gasteiger partial charge in [-0.05, 0) is 24.3 Å². The molecule has 1 aliphatic rings. The number of nitrogens with zero attached hydrogens (tertiary/aromatic N) is 3. The van der Waals surface area contributed by atoms with Gasteiger partial charge in [0.1, 0.15) is 11.6 Å². The predicted molar refractivity (Wildman–Crippen MR) is 103 cm³/mol.